The quantitative estimate of drug-likeness (QED) is 0.683. The molecule has 0 fully saturated rings. The average Bonchev–Trinajstić information content (AvgIpc) is 2.66. The third kappa shape index (κ3) is 7.40. The van der Waals surface area contributed by atoms with Crippen LogP contribution in [0.5, 0.6) is 0 Å². The fraction of sp³-hybridized carbons (Fsp3) is 0.300. The van der Waals surface area contributed by atoms with E-state index in [1.807, 2.05) is 25.1 Å². The highest BCUT2D eigenvalue weighted by Crippen LogP contribution is 2.16. The zero-order valence-corrected chi connectivity index (χ0v) is 15.2. The first-order valence-electron chi connectivity index (χ1n) is 8.56. The van der Waals surface area contributed by atoms with Gasteiger partial charge in [0.1, 0.15) is 6.61 Å². The maximum Gasteiger partial charge on any atom is 0.411 e. The number of aryl methyl sites for hydroxylation is 1. The van der Waals surface area contributed by atoms with Crippen molar-refractivity contribution >= 4 is 17.6 Å². The summed E-state index contributed by atoms with van der Waals surface area (Å²) in [5.74, 6) is -1.18. The number of hydrogen-bond donors (Lipinski definition) is 1. The Kier molecular flexibility index (Phi) is 7.57. The van der Waals surface area contributed by atoms with E-state index in [-0.39, 0.29) is 12.2 Å². The van der Waals surface area contributed by atoms with Crippen LogP contribution < -0.4 is 5.32 Å². The number of rotatable bonds is 8. The number of halogens is 3. The molecule has 0 saturated carbocycles. The molecule has 0 aromatic heterocycles. The first-order chi connectivity index (χ1) is 13.3. The van der Waals surface area contributed by atoms with Gasteiger partial charge in [-0.25, -0.2) is 4.79 Å². The van der Waals surface area contributed by atoms with Gasteiger partial charge in [0, 0.05) is 5.69 Å². The van der Waals surface area contributed by atoms with Gasteiger partial charge in [-0.3, -0.25) is 4.79 Å². The summed E-state index contributed by atoms with van der Waals surface area (Å²) in [6.07, 6.45) is -3.56. The lowest BCUT2D eigenvalue weighted by atomic mass is 10.1. The summed E-state index contributed by atoms with van der Waals surface area (Å²) in [4.78, 5) is 23.9. The van der Waals surface area contributed by atoms with Crippen LogP contribution in [0.1, 0.15) is 28.4 Å². The van der Waals surface area contributed by atoms with Crippen molar-refractivity contribution in [3.05, 3.63) is 65.2 Å². The average molecular weight is 395 g/mol. The minimum atomic E-state index is -4.39. The van der Waals surface area contributed by atoms with Crippen molar-refractivity contribution in [2.45, 2.75) is 26.1 Å². The Morgan fingerprint density at radius 2 is 1.75 bits per heavy atom. The fourth-order valence-corrected chi connectivity index (χ4v) is 2.30. The number of nitrogens with one attached hydrogen (secondary N) is 1. The molecule has 2 rings (SSSR count). The van der Waals surface area contributed by atoms with Crippen molar-refractivity contribution in [3.63, 3.8) is 0 Å². The van der Waals surface area contributed by atoms with Crippen LogP contribution in [0.4, 0.5) is 18.9 Å². The molecule has 0 aliphatic rings. The normalized spacial score (nSPS) is 11.1. The lowest BCUT2D eigenvalue weighted by Gasteiger charge is -2.09. The molecule has 0 saturated heterocycles. The van der Waals surface area contributed by atoms with E-state index >= 15 is 0 Å². The number of anilines is 1. The highest BCUT2D eigenvalue weighted by molar-refractivity contribution is 5.95. The molecule has 8 heteroatoms. The van der Waals surface area contributed by atoms with Crippen molar-refractivity contribution < 1.29 is 32.2 Å². The topological polar surface area (TPSA) is 64.6 Å². The predicted molar refractivity (Wildman–Crippen MR) is 96.9 cm³/mol. The standard InChI is InChI=1S/C20H20F3NO4/c1-2-14-4-3-5-17(10-14)24-18(25)12-28-19(26)16-8-6-15(7-9-16)11-27-13-20(21,22)23/h3-10H,2,11-13H2,1H3,(H,24,25). The van der Waals surface area contributed by atoms with Crippen LogP contribution in [0.3, 0.4) is 0 Å². The van der Waals surface area contributed by atoms with Gasteiger partial charge in [-0.2, -0.15) is 13.2 Å². The molecule has 0 aliphatic carbocycles. The summed E-state index contributed by atoms with van der Waals surface area (Å²) in [6, 6.07) is 13.0. The van der Waals surface area contributed by atoms with Gasteiger partial charge in [0.05, 0.1) is 12.2 Å². The lowest BCUT2D eigenvalue weighted by molar-refractivity contribution is -0.176. The second-order valence-electron chi connectivity index (χ2n) is 5.98. The molecule has 28 heavy (non-hydrogen) atoms. The van der Waals surface area contributed by atoms with E-state index in [1.54, 1.807) is 6.07 Å². The fourth-order valence-electron chi connectivity index (χ4n) is 2.30. The minimum Gasteiger partial charge on any atom is -0.452 e. The third-order valence-corrected chi connectivity index (χ3v) is 3.68. The molecule has 0 unspecified atom stereocenters. The highest BCUT2D eigenvalue weighted by Gasteiger charge is 2.27. The van der Waals surface area contributed by atoms with E-state index in [4.69, 9.17) is 4.74 Å². The van der Waals surface area contributed by atoms with Crippen LogP contribution in [0.15, 0.2) is 48.5 Å². The smallest absolute Gasteiger partial charge is 0.411 e. The van der Waals surface area contributed by atoms with E-state index in [9.17, 15) is 22.8 Å². The SMILES string of the molecule is CCc1cccc(NC(=O)COC(=O)c2ccc(COCC(F)(F)F)cc2)c1. The summed E-state index contributed by atoms with van der Waals surface area (Å²) in [5, 5.41) is 2.64. The molecule has 0 bridgehead atoms. The Morgan fingerprint density at radius 3 is 2.39 bits per heavy atom. The summed E-state index contributed by atoms with van der Waals surface area (Å²) >= 11 is 0. The van der Waals surface area contributed by atoms with E-state index in [0.29, 0.717) is 11.3 Å². The second kappa shape index (κ2) is 9.89. The number of alkyl halides is 3. The van der Waals surface area contributed by atoms with Gasteiger partial charge in [0.15, 0.2) is 6.61 Å². The van der Waals surface area contributed by atoms with Crippen molar-refractivity contribution in [1.82, 2.24) is 0 Å². The first kappa shape index (κ1) is 21.4. The van der Waals surface area contributed by atoms with Crippen LogP contribution in [0.25, 0.3) is 0 Å². The molecule has 1 N–H and O–H groups in total. The number of carbonyl (C=O) groups excluding carboxylic acids is 2. The Balaban J connectivity index is 1.79. The molecule has 2 aromatic carbocycles. The maximum atomic E-state index is 12.0. The van der Waals surface area contributed by atoms with Crippen LogP contribution in [0.2, 0.25) is 0 Å². The molecular formula is C20H20F3NO4. The molecular weight excluding hydrogens is 375 g/mol. The van der Waals surface area contributed by atoms with Crippen molar-refractivity contribution in [2.24, 2.45) is 0 Å². The van der Waals surface area contributed by atoms with Crippen LogP contribution >= 0.6 is 0 Å². The second-order valence-corrected chi connectivity index (χ2v) is 5.98. The zero-order chi connectivity index (χ0) is 20.6. The highest BCUT2D eigenvalue weighted by atomic mass is 19.4. The maximum absolute atomic E-state index is 12.0. The van der Waals surface area contributed by atoms with E-state index < -0.39 is 31.3 Å². The molecule has 0 heterocycles. The van der Waals surface area contributed by atoms with Crippen LogP contribution in [-0.2, 0) is 27.3 Å². The molecule has 150 valence electrons. The summed E-state index contributed by atoms with van der Waals surface area (Å²) < 4.78 is 45.6. The van der Waals surface area contributed by atoms with Gasteiger partial charge in [-0.15, -0.1) is 0 Å². The van der Waals surface area contributed by atoms with Gasteiger partial charge >= 0.3 is 12.1 Å². The van der Waals surface area contributed by atoms with Crippen molar-refractivity contribution in [1.29, 1.82) is 0 Å². The molecule has 0 radical (unpaired) electrons. The number of benzene rings is 2. The first-order valence-corrected chi connectivity index (χ1v) is 8.56. The Bertz CT molecular complexity index is 804. The predicted octanol–water partition coefficient (Wildman–Crippen LogP) is 4.12. The van der Waals surface area contributed by atoms with Crippen molar-refractivity contribution in [3.8, 4) is 0 Å². The van der Waals surface area contributed by atoms with Gasteiger partial charge in [-0.1, -0.05) is 31.2 Å². The molecule has 0 atom stereocenters. The molecule has 2 aromatic rings. The lowest BCUT2D eigenvalue weighted by Crippen LogP contribution is -2.21. The molecule has 5 nitrogen and oxygen atoms in total. The van der Waals surface area contributed by atoms with Gasteiger partial charge < -0.3 is 14.8 Å². The summed E-state index contributed by atoms with van der Waals surface area (Å²) in [5.41, 5.74) is 2.34. The van der Waals surface area contributed by atoms with Crippen molar-refractivity contribution in [2.75, 3.05) is 18.5 Å². The van der Waals surface area contributed by atoms with Gasteiger partial charge in [-0.05, 0) is 41.8 Å². The third-order valence-electron chi connectivity index (χ3n) is 3.68. The van der Waals surface area contributed by atoms with Gasteiger partial charge in [0.2, 0.25) is 0 Å². The zero-order valence-electron chi connectivity index (χ0n) is 15.2. The van der Waals surface area contributed by atoms with E-state index in [0.717, 1.165) is 12.0 Å². The number of esters is 1. The molecule has 0 spiro atoms. The van der Waals surface area contributed by atoms with Crippen LogP contribution in [-0.4, -0.2) is 31.3 Å². The Hall–Kier alpha value is -2.87. The molecule has 0 aliphatic heterocycles. The summed E-state index contributed by atoms with van der Waals surface area (Å²) in [6.45, 7) is -0.0246. The number of amides is 1. The summed E-state index contributed by atoms with van der Waals surface area (Å²) in [7, 11) is 0. The number of carbonyl (C=O) groups is 2. The van der Waals surface area contributed by atoms with Crippen LogP contribution in [0, 0.1) is 0 Å². The minimum absolute atomic E-state index is 0.181. The van der Waals surface area contributed by atoms with Gasteiger partial charge in [0.25, 0.3) is 5.91 Å². The number of hydrogen-bond acceptors (Lipinski definition) is 4. The molecule has 1 amide bonds. The largest absolute Gasteiger partial charge is 0.452 e. The Labute approximate surface area is 160 Å². The van der Waals surface area contributed by atoms with E-state index in [2.05, 4.69) is 10.1 Å². The monoisotopic (exact) mass is 395 g/mol. The Morgan fingerprint density at radius 1 is 1.04 bits per heavy atom. The van der Waals surface area contributed by atoms with E-state index in [1.165, 1.54) is 24.3 Å². The number of ether oxygens (including phenoxy) is 2.